The largest absolute Gasteiger partial charge is 0.396 e. The topological polar surface area (TPSA) is 43.7 Å². The zero-order chi connectivity index (χ0) is 9.68. The molecule has 1 saturated heterocycles. The molecule has 1 heterocycles. The highest BCUT2D eigenvalue weighted by atomic mass is 79.9. The van der Waals surface area contributed by atoms with E-state index in [0.717, 1.165) is 32.5 Å². The third-order valence-corrected chi connectivity index (χ3v) is 3.30. The summed E-state index contributed by atoms with van der Waals surface area (Å²) in [5.41, 5.74) is 0. The fourth-order valence-corrected chi connectivity index (χ4v) is 2.05. The molecule has 2 atom stereocenters. The first-order valence-electron chi connectivity index (χ1n) is 4.83. The van der Waals surface area contributed by atoms with E-state index in [9.17, 15) is 5.11 Å². The van der Waals surface area contributed by atoms with Crippen LogP contribution in [0.15, 0.2) is 0 Å². The number of halogens is 1. The van der Waals surface area contributed by atoms with Gasteiger partial charge in [0.2, 0.25) is 0 Å². The van der Waals surface area contributed by atoms with Crippen molar-refractivity contribution in [3.8, 4) is 0 Å². The highest BCUT2D eigenvalue weighted by Crippen LogP contribution is 2.19. The van der Waals surface area contributed by atoms with E-state index < -0.39 is 0 Å². The van der Waals surface area contributed by atoms with Crippen LogP contribution in [0.5, 0.6) is 0 Å². The van der Waals surface area contributed by atoms with Gasteiger partial charge in [-0.3, -0.25) is 0 Å². The highest BCUT2D eigenvalue weighted by molar-refractivity contribution is 9.09. The van der Waals surface area contributed by atoms with Crippen LogP contribution in [0, 0.1) is 5.92 Å². The standard InChI is InChI=1S/C9H18BrNO2/c10-5-9(13)7-11-3-1-8(6-11)2-4-12/h8-9,12-13H,1-7H2. The van der Waals surface area contributed by atoms with Gasteiger partial charge in [0.05, 0.1) is 6.10 Å². The fraction of sp³-hybridized carbons (Fsp3) is 1.00. The van der Waals surface area contributed by atoms with Gasteiger partial charge in [0, 0.05) is 25.0 Å². The van der Waals surface area contributed by atoms with Crippen LogP contribution in [0.3, 0.4) is 0 Å². The van der Waals surface area contributed by atoms with Crippen molar-refractivity contribution in [2.24, 2.45) is 5.92 Å². The summed E-state index contributed by atoms with van der Waals surface area (Å²) in [5, 5.41) is 18.8. The molecule has 1 fully saturated rings. The minimum Gasteiger partial charge on any atom is -0.396 e. The molecule has 0 spiro atoms. The lowest BCUT2D eigenvalue weighted by molar-refractivity contribution is 0.142. The lowest BCUT2D eigenvalue weighted by Gasteiger charge is -2.18. The van der Waals surface area contributed by atoms with E-state index in [4.69, 9.17) is 5.11 Å². The summed E-state index contributed by atoms with van der Waals surface area (Å²) >= 11 is 3.25. The molecular weight excluding hydrogens is 234 g/mol. The second-order valence-electron chi connectivity index (χ2n) is 3.73. The number of hydrogen-bond donors (Lipinski definition) is 2. The normalized spacial score (nSPS) is 26.5. The van der Waals surface area contributed by atoms with E-state index in [1.165, 1.54) is 0 Å². The Morgan fingerprint density at radius 2 is 2.31 bits per heavy atom. The molecule has 0 amide bonds. The van der Waals surface area contributed by atoms with Crippen LogP contribution in [-0.4, -0.2) is 52.8 Å². The molecule has 4 heteroatoms. The second kappa shape index (κ2) is 5.96. The van der Waals surface area contributed by atoms with Crippen molar-refractivity contribution in [2.75, 3.05) is 31.6 Å². The molecule has 2 unspecified atom stereocenters. The van der Waals surface area contributed by atoms with E-state index in [2.05, 4.69) is 20.8 Å². The maximum absolute atomic E-state index is 9.40. The van der Waals surface area contributed by atoms with Gasteiger partial charge in [0.25, 0.3) is 0 Å². The average molecular weight is 252 g/mol. The molecule has 1 rings (SSSR count). The predicted octanol–water partition coefficient (Wildman–Crippen LogP) is 0.446. The Hall–Kier alpha value is 0.360. The SMILES string of the molecule is OCCC1CCN(CC(O)CBr)C1. The third kappa shape index (κ3) is 3.94. The van der Waals surface area contributed by atoms with Crippen LogP contribution >= 0.6 is 15.9 Å². The summed E-state index contributed by atoms with van der Waals surface area (Å²) in [6.45, 7) is 3.14. The van der Waals surface area contributed by atoms with Crippen molar-refractivity contribution < 1.29 is 10.2 Å². The Morgan fingerprint density at radius 1 is 1.54 bits per heavy atom. The molecule has 0 bridgehead atoms. The van der Waals surface area contributed by atoms with Gasteiger partial charge in [-0.15, -0.1) is 0 Å². The number of nitrogens with zero attached hydrogens (tertiary/aromatic N) is 1. The zero-order valence-corrected chi connectivity index (χ0v) is 9.41. The Balaban J connectivity index is 2.17. The minimum atomic E-state index is -0.257. The number of likely N-dealkylation sites (tertiary alicyclic amines) is 1. The van der Waals surface area contributed by atoms with Crippen LogP contribution in [0.4, 0.5) is 0 Å². The lowest BCUT2D eigenvalue weighted by Crippen LogP contribution is -2.31. The first kappa shape index (κ1) is 11.4. The van der Waals surface area contributed by atoms with Gasteiger partial charge >= 0.3 is 0 Å². The van der Waals surface area contributed by atoms with Crippen molar-refractivity contribution in [1.82, 2.24) is 4.90 Å². The van der Waals surface area contributed by atoms with Crippen LogP contribution in [0.2, 0.25) is 0 Å². The Morgan fingerprint density at radius 3 is 2.92 bits per heavy atom. The van der Waals surface area contributed by atoms with Crippen LogP contribution < -0.4 is 0 Å². The smallest absolute Gasteiger partial charge is 0.0763 e. The molecular formula is C9H18BrNO2. The van der Waals surface area contributed by atoms with Crippen molar-refractivity contribution in [3.63, 3.8) is 0 Å². The van der Waals surface area contributed by atoms with Crippen LogP contribution in [-0.2, 0) is 0 Å². The molecule has 78 valence electrons. The maximum atomic E-state index is 9.40. The number of β-amino-alcohol motifs (C(OH)–C–C–N with tert-alkyl or cyclic N) is 1. The van der Waals surface area contributed by atoms with Crippen molar-refractivity contribution in [1.29, 1.82) is 0 Å². The van der Waals surface area contributed by atoms with Gasteiger partial charge in [-0.25, -0.2) is 0 Å². The van der Waals surface area contributed by atoms with E-state index in [0.29, 0.717) is 17.9 Å². The van der Waals surface area contributed by atoms with Gasteiger partial charge in [0.15, 0.2) is 0 Å². The van der Waals surface area contributed by atoms with Gasteiger partial charge in [-0.2, -0.15) is 0 Å². The highest BCUT2D eigenvalue weighted by Gasteiger charge is 2.22. The van der Waals surface area contributed by atoms with Crippen molar-refractivity contribution >= 4 is 15.9 Å². The fourth-order valence-electron chi connectivity index (χ4n) is 1.84. The number of hydrogen-bond acceptors (Lipinski definition) is 3. The van der Waals surface area contributed by atoms with Gasteiger partial charge in [0.1, 0.15) is 0 Å². The lowest BCUT2D eigenvalue weighted by atomic mass is 10.1. The predicted molar refractivity (Wildman–Crippen MR) is 56.1 cm³/mol. The summed E-state index contributed by atoms with van der Waals surface area (Å²) in [6, 6.07) is 0. The Kier molecular flexibility index (Phi) is 5.24. The maximum Gasteiger partial charge on any atom is 0.0763 e. The average Bonchev–Trinajstić information content (AvgIpc) is 2.53. The molecule has 1 aliphatic heterocycles. The van der Waals surface area contributed by atoms with E-state index >= 15 is 0 Å². The summed E-state index contributed by atoms with van der Waals surface area (Å²) in [6.07, 6.45) is 1.81. The molecule has 0 aromatic heterocycles. The monoisotopic (exact) mass is 251 g/mol. The van der Waals surface area contributed by atoms with Crippen molar-refractivity contribution in [3.05, 3.63) is 0 Å². The first-order valence-corrected chi connectivity index (χ1v) is 5.95. The number of rotatable bonds is 5. The van der Waals surface area contributed by atoms with Gasteiger partial charge in [-0.05, 0) is 25.3 Å². The molecule has 3 nitrogen and oxygen atoms in total. The summed E-state index contributed by atoms with van der Waals surface area (Å²) < 4.78 is 0. The third-order valence-electron chi connectivity index (χ3n) is 2.55. The Labute approximate surface area is 87.9 Å². The van der Waals surface area contributed by atoms with Crippen molar-refractivity contribution in [2.45, 2.75) is 18.9 Å². The molecule has 0 aromatic rings. The number of aliphatic hydroxyl groups excluding tert-OH is 2. The quantitative estimate of drug-likeness (QED) is 0.698. The summed E-state index contributed by atoms with van der Waals surface area (Å²) in [7, 11) is 0. The van der Waals surface area contributed by atoms with E-state index in [1.807, 2.05) is 0 Å². The summed E-state index contributed by atoms with van der Waals surface area (Å²) in [5.74, 6) is 0.632. The van der Waals surface area contributed by atoms with E-state index in [1.54, 1.807) is 0 Å². The minimum absolute atomic E-state index is 0.257. The first-order chi connectivity index (χ1) is 6.26. The summed E-state index contributed by atoms with van der Waals surface area (Å²) in [4.78, 5) is 2.27. The van der Waals surface area contributed by atoms with Crippen LogP contribution in [0.1, 0.15) is 12.8 Å². The number of alkyl halides is 1. The molecule has 0 aromatic carbocycles. The van der Waals surface area contributed by atoms with E-state index in [-0.39, 0.29) is 6.10 Å². The van der Waals surface area contributed by atoms with Gasteiger partial charge < -0.3 is 15.1 Å². The molecule has 1 aliphatic rings. The van der Waals surface area contributed by atoms with Crippen LogP contribution in [0.25, 0.3) is 0 Å². The molecule has 0 radical (unpaired) electrons. The second-order valence-corrected chi connectivity index (χ2v) is 4.38. The molecule has 2 N–H and O–H groups in total. The molecule has 0 aliphatic carbocycles. The molecule has 13 heavy (non-hydrogen) atoms. The number of aliphatic hydroxyl groups is 2. The molecule has 0 saturated carbocycles. The Bertz CT molecular complexity index is 146. The zero-order valence-electron chi connectivity index (χ0n) is 7.82. The van der Waals surface area contributed by atoms with Gasteiger partial charge in [-0.1, -0.05) is 15.9 Å².